The number of aryl methyl sites for hydroxylation is 1. The summed E-state index contributed by atoms with van der Waals surface area (Å²) in [4.78, 5) is 0. The lowest BCUT2D eigenvalue weighted by Gasteiger charge is -2.11. The Bertz CT molecular complexity index is 597. The van der Waals surface area contributed by atoms with Crippen LogP contribution in [0.3, 0.4) is 0 Å². The summed E-state index contributed by atoms with van der Waals surface area (Å²) >= 11 is 3.07. The van der Waals surface area contributed by atoms with Crippen molar-refractivity contribution in [3.05, 3.63) is 57.6 Å². The maximum absolute atomic E-state index is 14.0. The van der Waals surface area contributed by atoms with Gasteiger partial charge in [-0.15, -0.1) is 0 Å². The van der Waals surface area contributed by atoms with Gasteiger partial charge in [0.05, 0.1) is 10.0 Å². The molecule has 0 fully saturated rings. The average molecular weight is 312 g/mol. The Labute approximate surface area is 113 Å². The van der Waals surface area contributed by atoms with Crippen LogP contribution in [0, 0.1) is 18.6 Å². The maximum atomic E-state index is 14.0. The third-order valence-corrected chi connectivity index (χ3v) is 3.45. The zero-order valence-electron chi connectivity index (χ0n) is 9.81. The minimum absolute atomic E-state index is 0.00885. The van der Waals surface area contributed by atoms with E-state index in [1.807, 2.05) is 13.0 Å². The summed E-state index contributed by atoms with van der Waals surface area (Å²) in [7, 11) is 0. The third kappa shape index (κ3) is 2.31. The normalized spacial score (nSPS) is 10.7. The first-order valence-corrected chi connectivity index (χ1v) is 6.27. The Hall–Kier alpha value is -1.26. The van der Waals surface area contributed by atoms with Gasteiger partial charge in [-0.25, -0.2) is 8.78 Å². The molecule has 18 heavy (non-hydrogen) atoms. The molecular formula is C14H12BrF2N. The predicted octanol–water partition coefficient (Wildman–Crippen LogP) is 4.16. The molecule has 94 valence electrons. The van der Waals surface area contributed by atoms with Gasteiger partial charge >= 0.3 is 0 Å². The molecule has 0 aliphatic rings. The van der Waals surface area contributed by atoms with E-state index in [9.17, 15) is 8.78 Å². The van der Waals surface area contributed by atoms with E-state index >= 15 is 0 Å². The van der Waals surface area contributed by atoms with Crippen LogP contribution in [0.25, 0.3) is 11.1 Å². The van der Waals surface area contributed by atoms with Crippen LogP contribution in [-0.4, -0.2) is 0 Å². The lowest BCUT2D eigenvalue weighted by atomic mass is 9.97. The zero-order valence-corrected chi connectivity index (χ0v) is 11.4. The van der Waals surface area contributed by atoms with E-state index in [0.717, 1.165) is 11.1 Å². The molecule has 0 bridgehead atoms. The van der Waals surface area contributed by atoms with Crippen LogP contribution in [0.5, 0.6) is 0 Å². The maximum Gasteiger partial charge on any atom is 0.148 e. The molecule has 0 aliphatic carbocycles. The number of halogens is 3. The molecule has 0 radical (unpaired) electrons. The second-order valence-corrected chi connectivity index (χ2v) is 4.93. The standard InChI is InChI=1S/C14H12BrF2N/c1-8-6-9(7-18)2-3-10(8)13-12(16)5-4-11(15)14(13)17/h2-6H,7,18H2,1H3. The third-order valence-electron chi connectivity index (χ3n) is 2.84. The van der Waals surface area contributed by atoms with Gasteiger partial charge in [-0.2, -0.15) is 0 Å². The Morgan fingerprint density at radius 2 is 1.89 bits per heavy atom. The Balaban J connectivity index is 2.66. The van der Waals surface area contributed by atoms with Crippen LogP contribution in [0.1, 0.15) is 11.1 Å². The minimum atomic E-state index is -0.585. The average Bonchev–Trinajstić information content (AvgIpc) is 2.36. The van der Waals surface area contributed by atoms with Crippen molar-refractivity contribution < 1.29 is 8.78 Å². The van der Waals surface area contributed by atoms with Crippen LogP contribution in [0.4, 0.5) is 8.78 Å². The largest absolute Gasteiger partial charge is 0.326 e. The van der Waals surface area contributed by atoms with Gasteiger partial charge in [0, 0.05) is 6.54 Å². The summed E-state index contributed by atoms with van der Waals surface area (Å²) in [6.07, 6.45) is 0. The van der Waals surface area contributed by atoms with Gasteiger partial charge in [-0.3, -0.25) is 0 Å². The van der Waals surface area contributed by atoms with Crippen molar-refractivity contribution in [2.75, 3.05) is 0 Å². The zero-order chi connectivity index (χ0) is 13.3. The summed E-state index contributed by atoms with van der Waals surface area (Å²) in [5.74, 6) is -1.15. The molecule has 2 aromatic rings. The summed E-state index contributed by atoms with van der Waals surface area (Å²) in [6.45, 7) is 2.22. The van der Waals surface area contributed by atoms with Crippen molar-refractivity contribution >= 4 is 15.9 Å². The van der Waals surface area contributed by atoms with Crippen molar-refractivity contribution in [3.8, 4) is 11.1 Å². The molecule has 2 rings (SSSR count). The van der Waals surface area contributed by atoms with Crippen LogP contribution in [-0.2, 0) is 6.54 Å². The second-order valence-electron chi connectivity index (χ2n) is 4.07. The fourth-order valence-corrected chi connectivity index (χ4v) is 2.24. The second kappa shape index (κ2) is 5.16. The first kappa shape index (κ1) is 13.2. The highest BCUT2D eigenvalue weighted by Gasteiger charge is 2.16. The van der Waals surface area contributed by atoms with Crippen LogP contribution in [0.2, 0.25) is 0 Å². The molecule has 0 atom stereocenters. The van der Waals surface area contributed by atoms with Crippen LogP contribution >= 0.6 is 15.9 Å². The number of benzene rings is 2. The van der Waals surface area contributed by atoms with Crippen LogP contribution < -0.4 is 5.73 Å². The molecular weight excluding hydrogens is 300 g/mol. The van der Waals surface area contributed by atoms with Gasteiger partial charge in [-0.05, 0) is 51.7 Å². The van der Waals surface area contributed by atoms with E-state index in [2.05, 4.69) is 15.9 Å². The van der Waals surface area contributed by atoms with E-state index in [1.165, 1.54) is 12.1 Å². The summed E-state index contributed by atoms with van der Waals surface area (Å²) in [5.41, 5.74) is 7.81. The topological polar surface area (TPSA) is 26.0 Å². The number of nitrogens with two attached hydrogens (primary N) is 1. The van der Waals surface area contributed by atoms with Gasteiger partial charge in [0.2, 0.25) is 0 Å². The molecule has 0 unspecified atom stereocenters. The molecule has 0 aliphatic heterocycles. The lowest BCUT2D eigenvalue weighted by Crippen LogP contribution is -1.99. The van der Waals surface area contributed by atoms with E-state index in [1.54, 1.807) is 12.1 Å². The molecule has 2 aromatic carbocycles. The molecule has 0 spiro atoms. The number of rotatable bonds is 2. The monoisotopic (exact) mass is 311 g/mol. The van der Waals surface area contributed by atoms with E-state index < -0.39 is 11.6 Å². The molecule has 0 aromatic heterocycles. The fourth-order valence-electron chi connectivity index (χ4n) is 1.91. The van der Waals surface area contributed by atoms with E-state index in [0.29, 0.717) is 12.1 Å². The molecule has 4 heteroatoms. The first-order chi connectivity index (χ1) is 8.54. The molecule has 1 nitrogen and oxygen atoms in total. The number of hydrogen-bond acceptors (Lipinski definition) is 1. The quantitative estimate of drug-likeness (QED) is 0.828. The van der Waals surface area contributed by atoms with Crippen molar-refractivity contribution in [2.24, 2.45) is 5.73 Å². The molecule has 2 N–H and O–H groups in total. The van der Waals surface area contributed by atoms with Crippen molar-refractivity contribution in [2.45, 2.75) is 13.5 Å². The predicted molar refractivity (Wildman–Crippen MR) is 72.1 cm³/mol. The van der Waals surface area contributed by atoms with Crippen molar-refractivity contribution in [1.82, 2.24) is 0 Å². The smallest absolute Gasteiger partial charge is 0.148 e. The molecule has 0 heterocycles. The highest BCUT2D eigenvalue weighted by atomic mass is 79.9. The Kier molecular flexibility index (Phi) is 3.78. The first-order valence-electron chi connectivity index (χ1n) is 5.48. The van der Waals surface area contributed by atoms with E-state index in [4.69, 9.17) is 5.73 Å². The molecule has 0 amide bonds. The van der Waals surface area contributed by atoms with Gasteiger partial charge in [0.15, 0.2) is 0 Å². The molecule has 0 saturated heterocycles. The molecule has 0 saturated carbocycles. The highest BCUT2D eigenvalue weighted by Crippen LogP contribution is 2.32. The Morgan fingerprint density at radius 1 is 1.17 bits per heavy atom. The van der Waals surface area contributed by atoms with Gasteiger partial charge in [0.25, 0.3) is 0 Å². The summed E-state index contributed by atoms with van der Waals surface area (Å²) in [5, 5.41) is 0. The minimum Gasteiger partial charge on any atom is -0.326 e. The fraction of sp³-hybridized carbons (Fsp3) is 0.143. The van der Waals surface area contributed by atoms with Crippen molar-refractivity contribution in [3.63, 3.8) is 0 Å². The van der Waals surface area contributed by atoms with Gasteiger partial charge < -0.3 is 5.73 Å². The van der Waals surface area contributed by atoms with Crippen molar-refractivity contribution in [1.29, 1.82) is 0 Å². The number of hydrogen-bond donors (Lipinski definition) is 1. The highest BCUT2D eigenvalue weighted by molar-refractivity contribution is 9.10. The van der Waals surface area contributed by atoms with Crippen LogP contribution in [0.15, 0.2) is 34.8 Å². The van der Waals surface area contributed by atoms with Gasteiger partial charge in [0.1, 0.15) is 11.6 Å². The summed E-state index contributed by atoms with van der Waals surface area (Å²) < 4.78 is 28.0. The Morgan fingerprint density at radius 3 is 2.50 bits per heavy atom. The summed E-state index contributed by atoms with van der Waals surface area (Å²) in [6, 6.07) is 7.93. The van der Waals surface area contributed by atoms with E-state index in [-0.39, 0.29) is 10.0 Å². The SMILES string of the molecule is Cc1cc(CN)ccc1-c1c(F)ccc(Br)c1F. The lowest BCUT2D eigenvalue weighted by molar-refractivity contribution is 0.585. The van der Waals surface area contributed by atoms with Gasteiger partial charge in [-0.1, -0.05) is 18.2 Å².